The van der Waals surface area contributed by atoms with Crippen molar-refractivity contribution in [1.29, 1.82) is 5.41 Å². The Kier molecular flexibility index (Phi) is 4.54. The zero-order chi connectivity index (χ0) is 18.1. The molecule has 1 unspecified atom stereocenters. The first-order valence-electron chi connectivity index (χ1n) is 6.68. The van der Waals surface area contributed by atoms with Crippen molar-refractivity contribution >= 4 is 17.5 Å². The highest BCUT2D eigenvalue weighted by Gasteiger charge is 2.51. The molecule has 24 heavy (non-hydrogen) atoms. The van der Waals surface area contributed by atoms with Gasteiger partial charge in [-0.1, -0.05) is 0 Å². The van der Waals surface area contributed by atoms with Crippen LogP contribution in [0.5, 0.6) is 5.75 Å². The molecule has 0 saturated carbocycles. The molecule has 0 spiro atoms. The molecule has 0 aliphatic carbocycles. The summed E-state index contributed by atoms with van der Waals surface area (Å²) in [6.07, 6.45) is -5.37. The second-order valence-electron chi connectivity index (χ2n) is 5.07. The largest absolute Gasteiger partial charge is 0.573 e. The molecule has 0 bridgehead atoms. The fourth-order valence-corrected chi connectivity index (χ4v) is 2.33. The number of halogens is 5. The monoisotopic (exact) mass is 351 g/mol. The minimum absolute atomic E-state index is 0.0632. The van der Waals surface area contributed by atoms with E-state index in [9.17, 15) is 22.0 Å². The zero-order valence-electron chi connectivity index (χ0n) is 12.1. The number of ether oxygens (including phenoxy) is 1. The number of likely N-dealkylation sites (tertiary alicyclic amines) is 1. The van der Waals surface area contributed by atoms with E-state index in [-0.39, 0.29) is 12.2 Å². The quantitative estimate of drug-likeness (QED) is 0.441. The maximum atomic E-state index is 13.9. The number of amidine groups is 1. The van der Waals surface area contributed by atoms with E-state index in [0.29, 0.717) is 0 Å². The van der Waals surface area contributed by atoms with Gasteiger partial charge < -0.3 is 21.1 Å². The maximum Gasteiger partial charge on any atom is 0.573 e. The molecular weight excluding hydrogens is 337 g/mol. The summed E-state index contributed by atoms with van der Waals surface area (Å²) in [6, 6.07) is 2.56. The molecule has 1 fully saturated rings. The highest BCUT2D eigenvalue weighted by Crippen LogP contribution is 2.34. The molecule has 2 rings (SSSR count). The highest BCUT2D eigenvalue weighted by atomic mass is 19.4. The average molecular weight is 351 g/mol. The van der Waals surface area contributed by atoms with Crippen molar-refractivity contribution in [3.05, 3.63) is 24.3 Å². The smallest absolute Gasteiger partial charge is 0.406 e. The Morgan fingerprint density at radius 3 is 2.33 bits per heavy atom. The third-order valence-electron chi connectivity index (χ3n) is 3.32. The summed E-state index contributed by atoms with van der Waals surface area (Å²) >= 11 is 0. The van der Waals surface area contributed by atoms with E-state index in [2.05, 4.69) is 9.73 Å². The van der Waals surface area contributed by atoms with Gasteiger partial charge in [-0.25, -0.2) is 13.8 Å². The fraction of sp³-hybridized carbons (Fsp3) is 0.385. The Morgan fingerprint density at radius 1 is 1.25 bits per heavy atom. The van der Waals surface area contributed by atoms with Crippen LogP contribution >= 0.6 is 0 Å². The number of rotatable bonds is 3. The molecule has 11 heteroatoms. The highest BCUT2D eigenvalue weighted by molar-refractivity contribution is 5.93. The first-order valence-corrected chi connectivity index (χ1v) is 6.68. The molecule has 0 amide bonds. The molecule has 1 aromatic rings. The summed E-state index contributed by atoms with van der Waals surface area (Å²) < 4.78 is 67.7. The number of nitrogens with two attached hydrogens (primary N) is 2. The van der Waals surface area contributed by atoms with Crippen molar-refractivity contribution in [3.63, 3.8) is 0 Å². The predicted octanol–water partition coefficient (Wildman–Crippen LogP) is 2.18. The van der Waals surface area contributed by atoms with Gasteiger partial charge in [0.1, 0.15) is 11.6 Å². The van der Waals surface area contributed by atoms with E-state index in [1.54, 1.807) is 0 Å². The number of benzene rings is 1. The van der Waals surface area contributed by atoms with Crippen LogP contribution in [0.25, 0.3) is 0 Å². The zero-order valence-corrected chi connectivity index (χ0v) is 12.1. The van der Waals surface area contributed by atoms with E-state index < -0.39 is 42.3 Å². The number of hydrogen-bond donors (Lipinski definition) is 3. The molecule has 0 aromatic heterocycles. The number of guanidine groups is 1. The lowest BCUT2D eigenvalue weighted by Gasteiger charge is -2.27. The van der Waals surface area contributed by atoms with Crippen LogP contribution in [0.1, 0.15) is 6.42 Å². The van der Waals surface area contributed by atoms with Crippen molar-refractivity contribution in [2.45, 2.75) is 24.7 Å². The van der Waals surface area contributed by atoms with E-state index in [1.165, 1.54) is 0 Å². The van der Waals surface area contributed by atoms with Crippen LogP contribution in [0.15, 0.2) is 29.3 Å². The standard InChI is InChI=1S/C13H14F5N5O/c14-12(15)5-6-23(11(20)21)9(12)10(19)22-7-1-3-8(4-2-7)24-13(16,17)18/h1-4,9H,5-6H2,(H2,19,22)(H3,20,21). The van der Waals surface area contributed by atoms with Crippen molar-refractivity contribution in [2.24, 2.45) is 16.5 Å². The topological polar surface area (TPSA) is 101 Å². The van der Waals surface area contributed by atoms with E-state index in [0.717, 1.165) is 29.2 Å². The van der Waals surface area contributed by atoms with Gasteiger partial charge in [0.2, 0.25) is 0 Å². The summed E-state index contributed by atoms with van der Waals surface area (Å²) in [4.78, 5) is 4.71. The fourth-order valence-electron chi connectivity index (χ4n) is 2.33. The third kappa shape index (κ3) is 4.03. The van der Waals surface area contributed by atoms with E-state index in [1.807, 2.05) is 0 Å². The molecule has 1 aliphatic heterocycles. The Labute approximate surface area is 133 Å². The van der Waals surface area contributed by atoms with Crippen LogP contribution in [-0.4, -0.2) is 41.6 Å². The van der Waals surface area contributed by atoms with Crippen LogP contribution in [0.3, 0.4) is 0 Å². The molecule has 1 atom stereocenters. The third-order valence-corrected chi connectivity index (χ3v) is 3.32. The summed E-state index contributed by atoms with van der Waals surface area (Å²) in [7, 11) is 0. The molecule has 5 N–H and O–H groups in total. The van der Waals surface area contributed by atoms with Crippen molar-refractivity contribution in [3.8, 4) is 5.75 Å². The van der Waals surface area contributed by atoms with Gasteiger partial charge in [0.25, 0.3) is 5.92 Å². The van der Waals surface area contributed by atoms with Crippen LogP contribution in [-0.2, 0) is 0 Å². The Bertz CT molecular complexity index is 643. The Morgan fingerprint density at radius 2 is 1.83 bits per heavy atom. The summed E-state index contributed by atoms with van der Waals surface area (Å²) in [5.41, 5.74) is 10.9. The second-order valence-corrected chi connectivity index (χ2v) is 5.07. The number of nitrogens with zero attached hydrogens (tertiary/aromatic N) is 2. The van der Waals surface area contributed by atoms with Gasteiger partial charge >= 0.3 is 6.36 Å². The molecular formula is C13H14F5N5O. The van der Waals surface area contributed by atoms with Gasteiger partial charge in [0.05, 0.1) is 5.69 Å². The van der Waals surface area contributed by atoms with Gasteiger partial charge in [0.15, 0.2) is 12.0 Å². The van der Waals surface area contributed by atoms with Crippen LogP contribution in [0.2, 0.25) is 0 Å². The lowest BCUT2D eigenvalue weighted by molar-refractivity contribution is -0.274. The van der Waals surface area contributed by atoms with Gasteiger partial charge in [-0.2, -0.15) is 0 Å². The number of hydrogen-bond acceptors (Lipinski definition) is 3. The Hall–Kier alpha value is -2.59. The Balaban J connectivity index is 2.22. The van der Waals surface area contributed by atoms with Crippen molar-refractivity contribution in [2.75, 3.05) is 6.54 Å². The summed E-state index contributed by atoms with van der Waals surface area (Å²) in [5, 5.41) is 7.32. The van der Waals surface area contributed by atoms with Crippen LogP contribution in [0.4, 0.5) is 27.6 Å². The molecule has 6 nitrogen and oxygen atoms in total. The first-order chi connectivity index (χ1) is 11.0. The van der Waals surface area contributed by atoms with Crippen LogP contribution < -0.4 is 16.2 Å². The van der Waals surface area contributed by atoms with Gasteiger partial charge in [-0.15, -0.1) is 13.2 Å². The number of alkyl halides is 5. The molecule has 0 radical (unpaired) electrons. The minimum Gasteiger partial charge on any atom is -0.406 e. The maximum absolute atomic E-state index is 13.9. The first kappa shape index (κ1) is 17.8. The van der Waals surface area contributed by atoms with Gasteiger partial charge in [0, 0.05) is 13.0 Å². The lowest BCUT2D eigenvalue weighted by atomic mass is 10.1. The van der Waals surface area contributed by atoms with E-state index in [4.69, 9.17) is 16.9 Å². The number of nitrogens with one attached hydrogen (secondary N) is 1. The molecule has 1 aliphatic rings. The molecule has 1 saturated heterocycles. The second kappa shape index (κ2) is 6.13. The summed E-state index contributed by atoms with van der Waals surface area (Å²) in [5.74, 6) is -4.75. The number of aliphatic imine (C=N–C) groups is 1. The summed E-state index contributed by atoms with van der Waals surface area (Å²) in [6.45, 7) is -0.151. The molecule has 1 aromatic carbocycles. The normalized spacial score (nSPS) is 21.0. The predicted molar refractivity (Wildman–Crippen MR) is 76.4 cm³/mol. The average Bonchev–Trinajstić information content (AvgIpc) is 2.75. The van der Waals surface area contributed by atoms with Gasteiger partial charge in [-0.3, -0.25) is 5.41 Å². The minimum atomic E-state index is -4.84. The van der Waals surface area contributed by atoms with E-state index >= 15 is 0 Å². The van der Waals surface area contributed by atoms with Crippen molar-refractivity contribution in [1.82, 2.24) is 4.90 Å². The SMILES string of the molecule is N=C(N)N1CCC(F)(F)C1C(N)=Nc1ccc(OC(F)(F)F)cc1. The molecule has 132 valence electrons. The van der Waals surface area contributed by atoms with Gasteiger partial charge in [-0.05, 0) is 24.3 Å². The van der Waals surface area contributed by atoms with Crippen LogP contribution in [0, 0.1) is 5.41 Å². The van der Waals surface area contributed by atoms with Crippen molar-refractivity contribution < 1.29 is 26.7 Å². The lowest BCUT2D eigenvalue weighted by Crippen LogP contribution is -2.52. The molecule has 1 heterocycles.